The lowest BCUT2D eigenvalue weighted by Gasteiger charge is -2.35. The van der Waals surface area contributed by atoms with E-state index in [1.165, 1.54) is 19.3 Å². The first-order valence-corrected chi connectivity index (χ1v) is 7.28. The molecule has 2 heterocycles. The molecule has 1 aliphatic heterocycles. The smallest absolute Gasteiger partial charge is 0.208 e. The Bertz CT molecular complexity index is 350. The molecule has 1 N–H and O–H groups in total. The average molecular weight is 254 g/mol. The predicted molar refractivity (Wildman–Crippen MR) is 72.8 cm³/mol. The molecule has 1 aromatic rings. The molecule has 1 aliphatic rings. The molecule has 1 unspecified atom stereocenters. The summed E-state index contributed by atoms with van der Waals surface area (Å²) in [7, 11) is 0. The summed E-state index contributed by atoms with van der Waals surface area (Å²) in [5.41, 5.74) is 0. The molecule has 0 aromatic carbocycles. The van der Waals surface area contributed by atoms with E-state index in [2.05, 4.69) is 34.3 Å². The summed E-state index contributed by atoms with van der Waals surface area (Å²) in [5, 5.41) is 14.1. The van der Waals surface area contributed by atoms with Crippen molar-refractivity contribution >= 4 is 16.5 Å². The Kier molecular flexibility index (Phi) is 4.34. The summed E-state index contributed by atoms with van der Waals surface area (Å²) >= 11 is 1.71. The molecular weight excluding hydrogens is 232 g/mol. The van der Waals surface area contributed by atoms with Crippen molar-refractivity contribution in [3.63, 3.8) is 0 Å². The molecule has 96 valence electrons. The molecule has 0 radical (unpaired) electrons. The Morgan fingerprint density at radius 3 is 2.88 bits per heavy atom. The molecule has 4 nitrogen and oxygen atoms in total. The molecule has 0 aliphatic carbocycles. The largest absolute Gasteiger partial charge is 0.342 e. The van der Waals surface area contributed by atoms with Crippen molar-refractivity contribution in [2.24, 2.45) is 0 Å². The SMILES string of the molecule is Cc1nnc(N2CCCCC2CNC(C)C)s1. The van der Waals surface area contributed by atoms with Crippen LogP contribution in [0.25, 0.3) is 0 Å². The number of anilines is 1. The Hall–Kier alpha value is -0.680. The van der Waals surface area contributed by atoms with Crippen LogP contribution in [-0.4, -0.2) is 35.4 Å². The maximum absolute atomic E-state index is 4.28. The molecule has 0 spiro atoms. The van der Waals surface area contributed by atoms with Gasteiger partial charge in [-0.3, -0.25) is 0 Å². The molecule has 1 saturated heterocycles. The lowest BCUT2D eigenvalue weighted by Crippen LogP contribution is -2.46. The topological polar surface area (TPSA) is 41.1 Å². The third-order valence-corrected chi connectivity index (χ3v) is 4.03. The van der Waals surface area contributed by atoms with Crippen molar-refractivity contribution in [3.05, 3.63) is 5.01 Å². The van der Waals surface area contributed by atoms with Gasteiger partial charge < -0.3 is 10.2 Å². The number of nitrogens with one attached hydrogen (secondary N) is 1. The summed E-state index contributed by atoms with van der Waals surface area (Å²) < 4.78 is 0. The first kappa shape index (κ1) is 12.8. The van der Waals surface area contributed by atoms with Gasteiger partial charge >= 0.3 is 0 Å². The van der Waals surface area contributed by atoms with E-state index in [1.54, 1.807) is 11.3 Å². The van der Waals surface area contributed by atoms with Crippen LogP contribution >= 0.6 is 11.3 Å². The highest BCUT2D eigenvalue weighted by molar-refractivity contribution is 7.15. The number of nitrogens with zero attached hydrogens (tertiary/aromatic N) is 3. The van der Waals surface area contributed by atoms with Gasteiger partial charge in [0.05, 0.1) is 0 Å². The molecule has 0 saturated carbocycles. The lowest BCUT2D eigenvalue weighted by molar-refractivity contribution is 0.420. The van der Waals surface area contributed by atoms with Crippen molar-refractivity contribution < 1.29 is 0 Å². The number of rotatable bonds is 4. The zero-order valence-corrected chi connectivity index (χ0v) is 11.8. The Labute approximate surface area is 107 Å². The van der Waals surface area contributed by atoms with Crippen LogP contribution in [0.4, 0.5) is 5.13 Å². The van der Waals surface area contributed by atoms with Gasteiger partial charge in [-0.05, 0) is 26.2 Å². The Morgan fingerprint density at radius 2 is 2.24 bits per heavy atom. The van der Waals surface area contributed by atoms with Crippen LogP contribution in [0, 0.1) is 6.92 Å². The highest BCUT2D eigenvalue weighted by Gasteiger charge is 2.24. The summed E-state index contributed by atoms with van der Waals surface area (Å²) in [6, 6.07) is 1.13. The van der Waals surface area contributed by atoms with E-state index in [9.17, 15) is 0 Å². The van der Waals surface area contributed by atoms with Crippen LogP contribution in [0.5, 0.6) is 0 Å². The fourth-order valence-electron chi connectivity index (χ4n) is 2.24. The maximum Gasteiger partial charge on any atom is 0.208 e. The minimum atomic E-state index is 0.551. The summed E-state index contributed by atoms with van der Waals surface area (Å²) in [6.45, 7) is 8.59. The number of piperidine rings is 1. The van der Waals surface area contributed by atoms with E-state index in [0.29, 0.717) is 12.1 Å². The van der Waals surface area contributed by atoms with Gasteiger partial charge in [-0.15, -0.1) is 10.2 Å². The van der Waals surface area contributed by atoms with Crippen molar-refractivity contribution in [2.45, 2.75) is 52.1 Å². The lowest BCUT2D eigenvalue weighted by atomic mass is 10.0. The molecule has 1 aromatic heterocycles. The Balaban J connectivity index is 2.01. The number of aryl methyl sites for hydroxylation is 1. The van der Waals surface area contributed by atoms with Crippen LogP contribution in [0.1, 0.15) is 38.1 Å². The normalized spacial score (nSPS) is 21.2. The zero-order chi connectivity index (χ0) is 12.3. The number of aromatic nitrogens is 2. The van der Waals surface area contributed by atoms with Gasteiger partial charge in [0.1, 0.15) is 5.01 Å². The van der Waals surface area contributed by atoms with Crippen LogP contribution in [0.2, 0.25) is 0 Å². The van der Waals surface area contributed by atoms with E-state index < -0.39 is 0 Å². The molecule has 5 heteroatoms. The fourth-order valence-corrected chi connectivity index (χ4v) is 3.02. The second-order valence-corrected chi connectivity index (χ2v) is 6.17. The maximum atomic E-state index is 4.28. The molecular formula is C12H22N4S. The van der Waals surface area contributed by atoms with E-state index in [-0.39, 0.29) is 0 Å². The third kappa shape index (κ3) is 3.39. The van der Waals surface area contributed by atoms with E-state index >= 15 is 0 Å². The second kappa shape index (κ2) is 5.78. The summed E-state index contributed by atoms with van der Waals surface area (Å²) in [4.78, 5) is 2.43. The van der Waals surface area contributed by atoms with Crippen molar-refractivity contribution in [1.82, 2.24) is 15.5 Å². The number of hydrogen-bond acceptors (Lipinski definition) is 5. The standard InChI is InChI=1S/C12H22N4S/c1-9(2)13-8-11-6-4-5-7-16(11)12-15-14-10(3)17-12/h9,11,13H,4-8H2,1-3H3. The van der Waals surface area contributed by atoms with E-state index in [4.69, 9.17) is 0 Å². The molecule has 2 rings (SSSR count). The minimum Gasteiger partial charge on any atom is -0.342 e. The molecule has 1 fully saturated rings. The van der Waals surface area contributed by atoms with Crippen molar-refractivity contribution in [3.8, 4) is 0 Å². The second-order valence-electron chi connectivity index (χ2n) is 5.01. The predicted octanol–water partition coefficient (Wildman–Crippen LogP) is 2.20. The highest BCUT2D eigenvalue weighted by atomic mass is 32.1. The minimum absolute atomic E-state index is 0.551. The molecule has 0 bridgehead atoms. The third-order valence-electron chi connectivity index (χ3n) is 3.15. The summed E-state index contributed by atoms with van der Waals surface area (Å²) in [5.74, 6) is 0. The van der Waals surface area contributed by atoms with Gasteiger partial charge in [-0.2, -0.15) is 0 Å². The van der Waals surface area contributed by atoms with Crippen LogP contribution in [-0.2, 0) is 0 Å². The van der Waals surface area contributed by atoms with Gasteiger partial charge in [-0.1, -0.05) is 25.2 Å². The van der Waals surface area contributed by atoms with Gasteiger partial charge in [0.2, 0.25) is 5.13 Å². The first-order valence-electron chi connectivity index (χ1n) is 6.47. The van der Waals surface area contributed by atoms with Crippen LogP contribution in [0.15, 0.2) is 0 Å². The number of hydrogen-bond donors (Lipinski definition) is 1. The molecule has 1 atom stereocenters. The van der Waals surface area contributed by atoms with Gasteiger partial charge in [-0.25, -0.2) is 0 Å². The van der Waals surface area contributed by atoms with E-state index in [1.807, 2.05) is 6.92 Å². The van der Waals surface area contributed by atoms with Gasteiger partial charge in [0.15, 0.2) is 0 Å². The highest BCUT2D eigenvalue weighted by Crippen LogP contribution is 2.27. The monoisotopic (exact) mass is 254 g/mol. The van der Waals surface area contributed by atoms with Crippen LogP contribution < -0.4 is 10.2 Å². The van der Waals surface area contributed by atoms with Crippen molar-refractivity contribution in [2.75, 3.05) is 18.0 Å². The van der Waals surface area contributed by atoms with Gasteiger partial charge in [0, 0.05) is 25.2 Å². The van der Waals surface area contributed by atoms with E-state index in [0.717, 1.165) is 23.2 Å². The molecule has 17 heavy (non-hydrogen) atoms. The Morgan fingerprint density at radius 1 is 1.41 bits per heavy atom. The van der Waals surface area contributed by atoms with Crippen molar-refractivity contribution in [1.29, 1.82) is 0 Å². The fraction of sp³-hybridized carbons (Fsp3) is 0.833. The average Bonchev–Trinajstić information content (AvgIpc) is 2.73. The summed E-state index contributed by atoms with van der Waals surface area (Å²) in [6.07, 6.45) is 3.87. The zero-order valence-electron chi connectivity index (χ0n) is 10.9. The molecule has 0 amide bonds. The van der Waals surface area contributed by atoms with Crippen LogP contribution in [0.3, 0.4) is 0 Å². The quantitative estimate of drug-likeness (QED) is 0.894. The first-order chi connectivity index (χ1) is 8.16. The van der Waals surface area contributed by atoms with Gasteiger partial charge in [0.25, 0.3) is 0 Å².